The molecule has 1 fully saturated rings. The summed E-state index contributed by atoms with van der Waals surface area (Å²) in [5.74, 6) is 0.347. The van der Waals surface area contributed by atoms with E-state index in [0.29, 0.717) is 60.6 Å². The number of morpholine rings is 1. The molecule has 0 saturated carbocycles. The van der Waals surface area contributed by atoms with E-state index in [1.165, 1.54) is 11.8 Å². The molecule has 3 heterocycles. The molecule has 0 atom stereocenters. The number of H-pyrrole nitrogens is 1. The van der Waals surface area contributed by atoms with Gasteiger partial charge in [0.05, 0.1) is 18.2 Å². The number of aromatic nitrogens is 3. The van der Waals surface area contributed by atoms with Gasteiger partial charge in [-0.05, 0) is 43.7 Å². The van der Waals surface area contributed by atoms with E-state index in [-0.39, 0.29) is 17.9 Å². The zero-order chi connectivity index (χ0) is 23.2. The molecule has 0 radical (unpaired) electrons. The molecular formula is C23H24ClN5O3S. The van der Waals surface area contributed by atoms with Crippen LogP contribution in [0.5, 0.6) is 0 Å². The summed E-state index contributed by atoms with van der Waals surface area (Å²) in [6.07, 6.45) is 2.18. The second-order valence-electron chi connectivity index (χ2n) is 7.52. The number of aromatic amines is 1. The molecular weight excluding hydrogens is 462 g/mol. The van der Waals surface area contributed by atoms with Gasteiger partial charge in [0.15, 0.2) is 0 Å². The highest BCUT2D eigenvalue weighted by Gasteiger charge is 2.17. The van der Waals surface area contributed by atoms with Gasteiger partial charge in [0.2, 0.25) is 11.9 Å². The number of halogens is 1. The van der Waals surface area contributed by atoms with Crippen molar-refractivity contribution in [2.24, 2.45) is 0 Å². The minimum Gasteiger partial charge on any atom is -0.378 e. The second-order valence-corrected chi connectivity index (χ2v) is 8.99. The Balaban J connectivity index is 1.35. The molecule has 33 heavy (non-hydrogen) atoms. The minimum atomic E-state index is -0.212. The first kappa shape index (κ1) is 23.3. The van der Waals surface area contributed by atoms with Crippen molar-refractivity contribution in [2.45, 2.75) is 29.7 Å². The summed E-state index contributed by atoms with van der Waals surface area (Å²) >= 11 is 7.84. The average molecular weight is 486 g/mol. The number of hydrogen-bond acceptors (Lipinski definition) is 7. The van der Waals surface area contributed by atoms with Crippen LogP contribution in [0.3, 0.4) is 0 Å². The fourth-order valence-corrected chi connectivity index (χ4v) is 4.53. The van der Waals surface area contributed by atoms with E-state index >= 15 is 0 Å². The third-order valence-corrected chi connectivity index (χ3v) is 6.64. The summed E-state index contributed by atoms with van der Waals surface area (Å²) in [4.78, 5) is 39.6. The number of hydrogen-bond donors (Lipinski definition) is 2. The summed E-state index contributed by atoms with van der Waals surface area (Å²) in [6, 6.07) is 11.0. The molecule has 3 aromatic rings. The molecule has 1 aliphatic heterocycles. The largest absolute Gasteiger partial charge is 0.378 e. The monoisotopic (exact) mass is 485 g/mol. The maximum absolute atomic E-state index is 12.6. The Labute approximate surface area is 200 Å². The molecule has 4 rings (SSSR count). The first-order valence-electron chi connectivity index (χ1n) is 10.6. The molecule has 1 saturated heterocycles. The zero-order valence-corrected chi connectivity index (χ0v) is 19.7. The summed E-state index contributed by atoms with van der Waals surface area (Å²) in [5.41, 5.74) is 1.53. The summed E-state index contributed by atoms with van der Waals surface area (Å²) < 4.78 is 5.34. The molecule has 2 aromatic heterocycles. The van der Waals surface area contributed by atoms with Crippen LogP contribution in [0.1, 0.15) is 17.7 Å². The first-order chi connectivity index (χ1) is 16.0. The van der Waals surface area contributed by atoms with Gasteiger partial charge in [-0.25, -0.2) is 9.97 Å². The second kappa shape index (κ2) is 10.8. The molecule has 10 heteroatoms. The molecule has 2 N–H and O–H groups in total. The van der Waals surface area contributed by atoms with Crippen molar-refractivity contribution >= 4 is 40.9 Å². The van der Waals surface area contributed by atoms with Gasteiger partial charge < -0.3 is 15.0 Å². The van der Waals surface area contributed by atoms with Gasteiger partial charge in [-0.2, -0.15) is 0 Å². The van der Waals surface area contributed by atoms with Gasteiger partial charge in [-0.3, -0.25) is 14.6 Å². The Bertz CT molecular complexity index is 1180. The van der Waals surface area contributed by atoms with E-state index < -0.39 is 0 Å². The Kier molecular flexibility index (Phi) is 7.64. The van der Waals surface area contributed by atoms with Gasteiger partial charge in [0.1, 0.15) is 5.03 Å². The van der Waals surface area contributed by atoms with Crippen LogP contribution in [0.25, 0.3) is 0 Å². The standard InChI is InChI=1S/C23H24ClN5O3S/c1-15-17(22(31)28-23(26-15)29-10-12-32-13-11-29)6-8-20(30)27-16-5-7-19(18(24)14-16)33-21-4-2-3-9-25-21/h2-5,7,9,14H,6,8,10-13H2,1H3,(H,27,30)(H,26,28,31). The lowest BCUT2D eigenvalue weighted by Gasteiger charge is -2.27. The Hall–Kier alpha value is -2.88. The van der Waals surface area contributed by atoms with Crippen LogP contribution < -0.4 is 15.8 Å². The lowest BCUT2D eigenvalue weighted by atomic mass is 10.1. The minimum absolute atomic E-state index is 0.157. The smallest absolute Gasteiger partial charge is 0.255 e. The quantitative estimate of drug-likeness (QED) is 0.526. The summed E-state index contributed by atoms with van der Waals surface area (Å²) in [5, 5.41) is 4.21. The van der Waals surface area contributed by atoms with Crippen LogP contribution in [0.4, 0.5) is 11.6 Å². The highest BCUT2D eigenvalue weighted by atomic mass is 35.5. The number of carbonyl (C=O) groups is 1. The number of amides is 1. The molecule has 172 valence electrons. The SMILES string of the molecule is Cc1nc(N2CCOCC2)[nH]c(=O)c1CCC(=O)Nc1ccc(Sc2ccccn2)c(Cl)c1. The van der Waals surface area contributed by atoms with E-state index in [1.807, 2.05) is 29.2 Å². The summed E-state index contributed by atoms with van der Waals surface area (Å²) in [7, 11) is 0. The van der Waals surface area contributed by atoms with Gasteiger partial charge in [-0.15, -0.1) is 0 Å². The maximum atomic E-state index is 12.6. The van der Waals surface area contributed by atoms with Crippen LogP contribution in [-0.2, 0) is 16.0 Å². The molecule has 0 bridgehead atoms. The van der Waals surface area contributed by atoms with E-state index in [0.717, 1.165) is 9.92 Å². The molecule has 1 aromatic carbocycles. The Morgan fingerprint density at radius 2 is 2.09 bits per heavy atom. The van der Waals surface area contributed by atoms with Gasteiger partial charge >= 0.3 is 0 Å². The van der Waals surface area contributed by atoms with Crippen molar-refractivity contribution in [2.75, 3.05) is 36.5 Å². The van der Waals surface area contributed by atoms with Crippen LogP contribution in [0, 0.1) is 6.92 Å². The molecule has 0 spiro atoms. The first-order valence-corrected chi connectivity index (χ1v) is 11.8. The van der Waals surface area contributed by atoms with E-state index in [4.69, 9.17) is 16.3 Å². The predicted molar refractivity (Wildman–Crippen MR) is 129 cm³/mol. The van der Waals surface area contributed by atoms with E-state index in [9.17, 15) is 9.59 Å². The van der Waals surface area contributed by atoms with E-state index in [1.54, 1.807) is 25.3 Å². The lowest BCUT2D eigenvalue weighted by Crippen LogP contribution is -2.38. The third kappa shape index (κ3) is 6.13. The van der Waals surface area contributed by atoms with Crippen LogP contribution >= 0.6 is 23.4 Å². The number of nitrogens with zero attached hydrogens (tertiary/aromatic N) is 3. The highest BCUT2D eigenvalue weighted by molar-refractivity contribution is 7.99. The number of ether oxygens (including phenoxy) is 1. The van der Waals surface area contributed by atoms with Crippen molar-refractivity contribution in [3.05, 3.63) is 69.2 Å². The average Bonchev–Trinajstić information content (AvgIpc) is 2.81. The van der Waals surface area contributed by atoms with Crippen LogP contribution in [-0.4, -0.2) is 47.2 Å². The van der Waals surface area contributed by atoms with Crippen LogP contribution in [0.15, 0.2) is 57.3 Å². The highest BCUT2D eigenvalue weighted by Crippen LogP contribution is 2.33. The fraction of sp³-hybridized carbons (Fsp3) is 0.304. The number of rotatable bonds is 7. The number of nitrogens with one attached hydrogen (secondary N) is 2. The van der Waals surface area contributed by atoms with Crippen molar-refractivity contribution in [1.82, 2.24) is 15.0 Å². The topological polar surface area (TPSA) is 100 Å². The normalized spacial score (nSPS) is 13.7. The number of benzene rings is 1. The molecule has 8 nitrogen and oxygen atoms in total. The van der Waals surface area contributed by atoms with E-state index in [2.05, 4.69) is 20.3 Å². The number of anilines is 2. The Morgan fingerprint density at radius 1 is 1.27 bits per heavy atom. The van der Waals surface area contributed by atoms with Crippen molar-refractivity contribution in [3.63, 3.8) is 0 Å². The zero-order valence-electron chi connectivity index (χ0n) is 18.1. The van der Waals surface area contributed by atoms with Crippen molar-refractivity contribution in [3.8, 4) is 0 Å². The molecule has 0 unspecified atom stereocenters. The summed E-state index contributed by atoms with van der Waals surface area (Å²) in [6.45, 7) is 4.39. The van der Waals surface area contributed by atoms with Gasteiger partial charge in [-0.1, -0.05) is 29.4 Å². The number of aryl methyl sites for hydroxylation is 1. The van der Waals surface area contributed by atoms with Crippen molar-refractivity contribution in [1.29, 1.82) is 0 Å². The molecule has 1 amide bonds. The number of carbonyl (C=O) groups excluding carboxylic acids is 1. The van der Waals surface area contributed by atoms with Gasteiger partial charge in [0.25, 0.3) is 5.56 Å². The Morgan fingerprint density at radius 3 is 2.79 bits per heavy atom. The molecule has 0 aliphatic carbocycles. The van der Waals surface area contributed by atoms with Crippen molar-refractivity contribution < 1.29 is 9.53 Å². The lowest BCUT2D eigenvalue weighted by molar-refractivity contribution is -0.116. The van der Waals surface area contributed by atoms with Crippen LogP contribution in [0.2, 0.25) is 5.02 Å². The maximum Gasteiger partial charge on any atom is 0.255 e. The van der Waals surface area contributed by atoms with Gasteiger partial charge in [0, 0.05) is 47.5 Å². The molecule has 1 aliphatic rings. The fourth-order valence-electron chi connectivity index (χ4n) is 3.46. The number of pyridine rings is 1. The third-order valence-electron chi connectivity index (χ3n) is 5.19. The predicted octanol–water partition coefficient (Wildman–Crippen LogP) is 3.69.